The normalized spacial score (nSPS) is 22.7. The Hall–Kier alpha value is -1.79. The Kier molecular flexibility index (Phi) is 7.92. The van der Waals surface area contributed by atoms with Crippen molar-refractivity contribution in [1.82, 2.24) is 15.1 Å². The fourth-order valence-corrected chi connectivity index (χ4v) is 3.88. The summed E-state index contributed by atoms with van der Waals surface area (Å²) in [7, 11) is 0. The SMILES string of the molecule is CC1CCCC(C)N1C(=O)COc1ccc(C(=O)N2CCNCC2)cc1.Cl. The van der Waals surface area contributed by atoms with Crippen molar-refractivity contribution in [2.24, 2.45) is 0 Å². The summed E-state index contributed by atoms with van der Waals surface area (Å²) >= 11 is 0. The highest BCUT2D eigenvalue weighted by Gasteiger charge is 2.29. The second-order valence-corrected chi connectivity index (χ2v) is 7.29. The van der Waals surface area contributed by atoms with E-state index >= 15 is 0 Å². The van der Waals surface area contributed by atoms with Crippen LogP contribution < -0.4 is 10.1 Å². The molecule has 7 heteroatoms. The number of hydrogen-bond donors (Lipinski definition) is 1. The first-order valence-electron chi connectivity index (χ1n) is 9.60. The first kappa shape index (κ1) is 21.5. The zero-order valence-corrected chi connectivity index (χ0v) is 17.0. The molecule has 1 N–H and O–H groups in total. The molecule has 0 radical (unpaired) electrons. The third-order valence-corrected chi connectivity index (χ3v) is 5.35. The van der Waals surface area contributed by atoms with Crippen LogP contribution in [0.15, 0.2) is 24.3 Å². The Bertz CT molecular complexity index is 622. The average Bonchev–Trinajstić information content (AvgIpc) is 2.67. The molecule has 150 valence electrons. The van der Waals surface area contributed by atoms with Gasteiger partial charge in [0.25, 0.3) is 11.8 Å². The van der Waals surface area contributed by atoms with Crippen molar-refractivity contribution in [2.45, 2.75) is 45.2 Å². The number of ether oxygens (including phenoxy) is 1. The van der Waals surface area contributed by atoms with Gasteiger partial charge in [-0.15, -0.1) is 12.4 Å². The number of hydrogen-bond acceptors (Lipinski definition) is 4. The van der Waals surface area contributed by atoms with E-state index in [0.29, 0.717) is 11.3 Å². The van der Waals surface area contributed by atoms with Crippen LogP contribution >= 0.6 is 12.4 Å². The van der Waals surface area contributed by atoms with Crippen LogP contribution in [-0.4, -0.2) is 66.5 Å². The maximum absolute atomic E-state index is 12.5. The monoisotopic (exact) mass is 395 g/mol. The van der Waals surface area contributed by atoms with Crippen molar-refractivity contribution in [2.75, 3.05) is 32.8 Å². The number of piperazine rings is 1. The molecule has 2 amide bonds. The van der Waals surface area contributed by atoms with Crippen LogP contribution in [0.4, 0.5) is 0 Å². The summed E-state index contributed by atoms with van der Waals surface area (Å²) in [5.74, 6) is 0.697. The van der Waals surface area contributed by atoms with Crippen LogP contribution in [0.3, 0.4) is 0 Å². The van der Waals surface area contributed by atoms with Gasteiger partial charge in [0.05, 0.1) is 0 Å². The first-order valence-corrected chi connectivity index (χ1v) is 9.60. The average molecular weight is 396 g/mol. The minimum Gasteiger partial charge on any atom is -0.484 e. The van der Waals surface area contributed by atoms with E-state index in [0.717, 1.165) is 39.0 Å². The van der Waals surface area contributed by atoms with Crippen molar-refractivity contribution >= 4 is 24.2 Å². The number of amides is 2. The lowest BCUT2D eigenvalue weighted by molar-refractivity contribution is -0.139. The predicted octanol–water partition coefficient (Wildman–Crippen LogP) is 2.32. The van der Waals surface area contributed by atoms with Crippen molar-refractivity contribution in [3.8, 4) is 5.75 Å². The fraction of sp³-hybridized carbons (Fsp3) is 0.600. The Morgan fingerprint density at radius 1 is 1.07 bits per heavy atom. The molecule has 2 aliphatic heterocycles. The van der Waals surface area contributed by atoms with Crippen LogP contribution in [0.5, 0.6) is 5.75 Å². The van der Waals surface area contributed by atoms with Gasteiger partial charge in [0, 0.05) is 43.8 Å². The third kappa shape index (κ3) is 5.36. The van der Waals surface area contributed by atoms with Crippen LogP contribution in [0.25, 0.3) is 0 Å². The highest BCUT2D eigenvalue weighted by molar-refractivity contribution is 5.94. The molecule has 3 rings (SSSR count). The summed E-state index contributed by atoms with van der Waals surface area (Å²) in [6.07, 6.45) is 3.29. The summed E-state index contributed by atoms with van der Waals surface area (Å²) in [5.41, 5.74) is 0.656. The Labute approximate surface area is 167 Å². The smallest absolute Gasteiger partial charge is 0.260 e. The number of nitrogens with zero attached hydrogens (tertiary/aromatic N) is 2. The first-order chi connectivity index (χ1) is 12.6. The van der Waals surface area contributed by atoms with Crippen LogP contribution in [0, 0.1) is 0 Å². The molecule has 1 aromatic rings. The van der Waals surface area contributed by atoms with Gasteiger partial charge in [0.2, 0.25) is 0 Å². The molecule has 2 saturated heterocycles. The number of carbonyl (C=O) groups is 2. The van der Waals surface area contributed by atoms with Gasteiger partial charge < -0.3 is 19.9 Å². The molecule has 1 aromatic carbocycles. The van der Waals surface area contributed by atoms with Crippen molar-refractivity contribution in [1.29, 1.82) is 0 Å². The second-order valence-electron chi connectivity index (χ2n) is 7.29. The minimum absolute atomic E-state index is 0. The topological polar surface area (TPSA) is 61.9 Å². The zero-order chi connectivity index (χ0) is 18.5. The van der Waals surface area contributed by atoms with E-state index in [1.807, 2.05) is 9.80 Å². The lowest BCUT2D eigenvalue weighted by Crippen LogP contribution is -2.49. The summed E-state index contributed by atoms with van der Waals surface area (Å²) in [6, 6.07) is 7.63. The van der Waals surface area contributed by atoms with E-state index in [1.165, 1.54) is 6.42 Å². The molecular formula is C20H30ClN3O3. The summed E-state index contributed by atoms with van der Waals surface area (Å²) in [4.78, 5) is 28.8. The molecule has 0 spiro atoms. The van der Waals surface area contributed by atoms with Crippen molar-refractivity contribution < 1.29 is 14.3 Å². The van der Waals surface area contributed by atoms with E-state index in [-0.39, 0.29) is 42.9 Å². The largest absolute Gasteiger partial charge is 0.484 e. The highest BCUT2D eigenvalue weighted by atomic mass is 35.5. The van der Waals surface area contributed by atoms with Gasteiger partial charge in [0.1, 0.15) is 5.75 Å². The molecular weight excluding hydrogens is 366 g/mol. The van der Waals surface area contributed by atoms with E-state index in [2.05, 4.69) is 19.2 Å². The number of rotatable bonds is 4. The number of nitrogens with one attached hydrogen (secondary N) is 1. The lowest BCUT2D eigenvalue weighted by atomic mass is 9.97. The molecule has 0 aromatic heterocycles. The highest BCUT2D eigenvalue weighted by Crippen LogP contribution is 2.23. The molecule has 6 nitrogen and oxygen atoms in total. The maximum Gasteiger partial charge on any atom is 0.260 e. The van der Waals surface area contributed by atoms with Gasteiger partial charge in [-0.3, -0.25) is 9.59 Å². The number of piperidine rings is 1. The van der Waals surface area contributed by atoms with Gasteiger partial charge in [-0.2, -0.15) is 0 Å². The molecule has 2 atom stereocenters. The molecule has 2 unspecified atom stereocenters. The van der Waals surface area contributed by atoms with Crippen LogP contribution in [0.1, 0.15) is 43.5 Å². The molecule has 0 saturated carbocycles. The van der Waals surface area contributed by atoms with E-state index in [1.54, 1.807) is 24.3 Å². The number of halogens is 1. The number of benzene rings is 1. The number of carbonyl (C=O) groups excluding carboxylic acids is 2. The van der Waals surface area contributed by atoms with Crippen molar-refractivity contribution in [3.05, 3.63) is 29.8 Å². The quantitative estimate of drug-likeness (QED) is 0.849. The lowest BCUT2D eigenvalue weighted by Gasteiger charge is -2.38. The Morgan fingerprint density at radius 3 is 2.26 bits per heavy atom. The van der Waals surface area contributed by atoms with Gasteiger partial charge >= 0.3 is 0 Å². The van der Waals surface area contributed by atoms with E-state index < -0.39 is 0 Å². The molecule has 27 heavy (non-hydrogen) atoms. The summed E-state index contributed by atoms with van der Waals surface area (Å²) in [6.45, 7) is 7.38. The number of likely N-dealkylation sites (tertiary alicyclic amines) is 1. The molecule has 2 heterocycles. The predicted molar refractivity (Wildman–Crippen MR) is 108 cm³/mol. The Balaban J connectivity index is 0.00000261. The standard InChI is InChI=1S/C20H29N3O3.ClH/c1-15-4-3-5-16(2)23(15)19(24)14-26-18-8-6-17(7-9-18)20(25)22-12-10-21-11-13-22;/h6-9,15-16,21H,3-5,10-14H2,1-2H3;1H. The van der Waals surface area contributed by atoms with Gasteiger partial charge in [0.15, 0.2) is 6.61 Å². The minimum atomic E-state index is 0. The van der Waals surface area contributed by atoms with Crippen LogP contribution in [0.2, 0.25) is 0 Å². The second kappa shape index (κ2) is 9.95. The van der Waals surface area contributed by atoms with Crippen LogP contribution in [-0.2, 0) is 4.79 Å². The van der Waals surface area contributed by atoms with E-state index in [4.69, 9.17) is 4.74 Å². The zero-order valence-electron chi connectivity index (χ0n) is 16.1. The third-order valence-electron chi connectivity index (χ3n) is 5.35. The molecule has 2 fully saturated rings. The van der Waals surface area contributed by atoms with E-state index in [9.17, 15) is 9.59 Å². The fourth-order valence-electron chi connectivity index (χ4n) is 3.88. The molecule has 0 aliphatic carbocycles. The molecule has 2 aliphatic rings. The van der Waals surface area contributed by atoms with Gasteiger partial charge in [-0.05, 0) is 57.4 Å². The molecule has 0 bridgehead atoms. The van der Waals surface area contributed by atoms with Gasteiger partial charge in [-0.1, -0.05) is 0 Å². The van der Waals surface area contributed by atoms with Gasteiger partial charge in [-0.25, -0.2) is 0 Å². The Morgan fingerprint density at radius 2 is 1.67 bits per heavy atom. The summed E-state index contributed by atoms with van der Waals surface area (Å²) < 4.78 is 5.67. The maximum atomic E-state index is 12.5. The summed E-state index contributed by atoms with van der Waals surface area (Å²) in [5, 5.41) is 3.24. The van der Waals surface area contributed by atoms with Crippen molar-refractivity contribution in [3.63, 3.8) is 0 Å².